The van der Waals surface area contributed by atoms with E-state index in [1.807, 2.05) is 48.5 Å². The maximum Gasteiger partial charge on any atom is 0.144 e. The molecule has 0 unspecified atom stereocenters. The van der Waals surface area contributed by atoms with Gasteiger partial charge in [-0.1, -0.05) is 24.3 Å². The summed E-state index contributed by atoms with van der Waals surface area (Å²) in [5.74, 6) is 1.56. The highest BCUT2D eigenvalue weighted by Gasteiger charge is 2.00. The SMILES string of the molecule is COc1ccccc1C=Nc1ccccc1OC. The van der Waals surface area contributed by atoms with Crippen molar-refractivity contribution in [2.24, 2.45) is 4.99 Å². The van der Waals surface area contributed by atoms with E-state index < -0.39 is 0 Å². The van der Waals surface area contributed by atoms with E-state index >= 15 is 0 Å². The second-order valence-electron chi connectivity index (χ2n) is 3.67. The van der Waals surface area contributed by atoms with Crippen LogP contribution in [0, 0.1) is 0 Å². The van der Waals surface area contributed by atoms with Crippen LogP contribution in [0.15, 0.2) is 53.5 Å². The van der Waals surface area contributed by atoms with Crippen LogP contribution in [0.3, 0.4) is 0 Å². The zero-order chi connectivity index (χ0) is 12.8. The topological polar surface area (TPSA) is 30.8 Å². The second-order valence-corrected chi connectivity index (χ2v) is 3.67. The zero-order valence-corrected chi connectivity index (χ0v) is 10.5. The van der Waals surface area contributed by atoms with Crippen molar-refractivity contribution in [1.82, 2.24) is 0 Å². The molecule has 0 aliphatic carbocycles. The van der Waals surface area contributed by atoms with Crippen LogP contribution in [0.4, 0.5) is 5.69 Å². The van der Waals surface area contributed by atoms with Crippen molar-refractivity contribution in [3.05, 3.63) is 54.1 Å². The first-order valence-electron chi connectivity index (χ1n) is 5.65. The third kappa shape index (κ3) is 2.69. The van der Waals surface area contributed by atoms with Gasteiger partial charge in [0.25, 0.3) is 0 Å². The molecule has 0 N–H and O–H groups in total. The first kappa shape index (κ1) is 12.2. The normalized spacial score (nSPS) is 10.6. The molecule has 3 heteroatoms. The molecule has 0 aromatic heterocycles. The highest BCUT2D eigenvalue weighted by Crippen LogP contribution is 2.26. The van der Waals surface area contributed by atoms with Crippen LogP contribution in [0.2, 0.25) is 0 Å². The number of hydrogen-bond donors (Lipinski definition) is 0. The fourth-order valence-corrected chi connectivity index (χ4v) is 1.65. The Morgan fingerprint density at radius 3 is 2.17 bits per heavy atom. The van der Waals surface area contributed by atoms with Gasteiger partial charge in [0.05, 0.1) is 14.2 Å². The molecule has 0 aliphatic rings. The first-order valence-corrected chi connectivity index (χ1v) is 5.65. The molecule has 0 bridgehead atoms. The quantitative estimate of drug-likeness (QED) is 0.767. The second kappa shape index (κ2) is 5.87. The van der Waals surface area contributed by atoms with Gasteiger partial charge in [-0.25, -0.2) is 0 Å². The highest BCUT2D eigenvalue weighted by atomic mass is 16.5. The lowest BCUT2D eigenvalue weighted by Crippen LogP contribution is -1.90. The molecule has 0 saturated heterocycles. The van der Waals surface area contributed by atoms with Crippen LogP contribution < -0.4 is 9.47 Å². The maximum atomic E-state index is 5.27. The highest BCUT2D eigenvalue weighted by molar-refractivity contribution is 5.86. The van der Waals surface area contributed by atoms with Crippen LogP contribution in [-0.4, -0.2) is 20.4 Å². The molecule has 92 valence electrons. The van der Waals surface area contributed by atoms with Gasteiger partial charge in [-0.15, -0.1) is 0 Å². The average molecular weight is 241 g/mol. The summed E-state index contributed by atoms with van der Waals surface area (Å²) in [7, 11) is 3.28. The van der Waals surface area contributed by atoms with Crippen molar-refractivity contribution in [3.63, 3.8) is 0 Å². The number of para-hydroxylation sites is 3. The third-order valence-electron chi connectivity index (χ3n) is 2.57. The van der Waals surface area contributed by atoms with Crippen LogP contribution in [0.25, 0.3) is 0 Å². The number of rotatable bonds is 4. The van der Waals surface area contributed by atoms with Crippen molar-refractivity contribution in [2.75, 3.05) is 14.2 Å². The molecular formula is C15H15NO2. The van der Waals surface area contributed by atoms with Gasteiger partial charge in [0.2, 0.25) is 0 Å². The number of nitrogens with zero attached hydrogens (tertiary/aromatic N) is 1. The van der Waals surface area contributed by atoms with E-state index in [9.17, 15) is 0 Å². The molecular weight excluding hydrogens is 226 g/mol. The summed E-state index contributed by atoms with van der Waals surface area (Å²) in [5, 5.41) is 0. The molecule has 2 rings (SSSR count). The molecule has 0 fully saturated rings. The van der Waals surface area contributed by atoms with Crippen LogP contribution in [0.1, 0.15) is 5.56 Å². The standard InChI is InChI=1S/C15H15NO2/c1-17-14-9-5-3-7-12(14)11-16-13-8-4-6-10-15(13)18-2/h3-11H,1-2H3. The molecule has 2 aromatic carbocycles. The molecule has 0 heterocycles. The minimum atomic E-state index is 0.753. The fraction of sp³-hybridized carbons (Fsp3) is 0.133. The van der Waals surface area contributed by atoms with E-state index in [0.29, 0.717) is 0 Å². The van der Waals surface area contributed by atoms with Gasteiger partial charge in [0.1, 0.15) is 17.2 Å². The van der Waals surface area contributed by atoms with Gasteiger partial charge in [0, 0.05) is 11.8 Å². The molecule has 0 spiro atoms. The van der Waals surface area contributed by atoms with Crippen molar-refractivity contribution >= 4 is 11.9 Å². The van der Waals surface area contributed by atoms with Gasteiger partial charge < -0.3 is 9.47 Å². The van der Waals surface area contributed by atoms with Gasteiger partial charge in [0.15, 0.2) is 0 Å². The largest absolute Gasteiger partial charge is 0.496 e. The Balaban J connectivity index is 2.30. The first-order chi connectivity index (χ1) is 8.85. The molecule has 0 saturated carbocycles. The van der Waals surface area contributed by atoms with Gasteiger partial charge in [-0.3, -0.25) is 4.99 Å². The van der Waals surface area contributed by atoms with Gasteiger partial charge in [-0.05, 0) is 24.3 Å². The van der Waals surface area contributed by atoms with E-state index in [0.717, 1.165) is 22.7 Å². The summed E-state index contributed by atoms with van der Waals surface area (Å²) in [6, 6.07) is 15.4. The molecule has 0 aliphatic heterocycles. The zero-order valence-electron chi connectivity index (χ0n) is 10.5. The van der Waals surface area contributed by atoms with Crippen LogP contribution in [0.5, 0.6) is 11.5 Å². The lowest BCUT2D eigenvalue weighted by molar-refractivity contribution is 0.414. The molecule has 18 heavy (non-hydrogen) atoms. The summed E-state index contributed by atoms with van der Waals surface area (Å²) in [6.07, 6.45) is 1.77. The van der Waals surface area contributed by atoms with E-state index in [2.05, 4.69) is 4.99 Å². The van der Waals surface area contributed by atoms with Crippen LogP contribution in [-0.2, 0) is 0 Å². The summed E-state index contributed by atoms with van der Waals surface area (Å²) in [4.78, 5) is 4.43. The van der Waals surface area contributed by atoms with Gasteiger partial charge >= 0.3 is 0 Å². The number of aliphatic imine (C=N–C) groups is 1. The van der Waals surface area contributed by atoms with E-state index in [1.54, 1.807) is 20.4 Å². The van der Waals surface area contributed by atoms with Crippen molar-refractivity contribution < 1.29 is 9.47 Å². The van der Waals surface area contributed by atoms with E-state index in [1.165, 1.54) is 0 Å². The lowest BCUT2D eigenvalue weighted by Gasteiger charge is -2.04. The number of benzene rings is 2. The van der Waals surface area contributed by atoms with Crippen molar-refractivity contribution in [3.8, 4) is 11.5 Å². The Kier molecular flexibility index (Phi) is 3.97. The van der Waals surface area contributed by atoms with E-state index in [4.69, 9.17) is 9.47 Å². The molecule has 2 aromatic rings. The molecule has 0 amide bonds. The third-order valence-corrected chi connectivity index (χ3v) is 2.57. The van der Waals surface area contributed by atoms with Crippen LogP contribution >= 0.6 is 0 Å². The van der Waals surface area contributed by atoms with Gasteiger partial charge in [-0.2, -0.15) is 0 Å². The Morgan fingerprint density at radius 1 is 0.833 bits per heavy atom. The van der Waals surface area contributed by atoms with E-state index in [-0.39, 0.29) is 0 Å². The average Bonchev–Trinajstić information content (AvgIpc) is 2.45. The summed E-state index contributed by atoms with van der Waals surface area (Å²) in [5.41, 5.74) is 1.73. The predicted octanol–water partition coefficient (Wildman–Crippen LogP) is 3.45. The number of methoxy groups -OCH3 is 2. The molecule has 0 radical (unpaired) electrons. The number of ether oxygens (including phenoxy) is 2. The van der Waals surface area contributed by atoms with Crippen molar-refractivity contribution in [2.45, 2.75) is 0 Å². The Bertz CT molecular complexity index is 500. The summed E-state index contributed by atoms with van der Waals surface area (Å²) < 4.78 is 10.5. The summed E-state index contributed by atoms with van der Waals surface area (Å²) in [6.45, 7) is 0. The minimum absolute atomic E-state index is 0.753. The monoisotopic (exact) mass is 241 g/mol. The summed E-state index contributed by atoms with van der Waals surface area (Å²) >= 11 is 0. The smallest absolute Gasteiger partial charge is 0.144 e. The fourth-order valence-electron chi connectivity index (χ4n) is 1.65. The Hall–Kier alpha value is -2.29. The maximum absolute atomic E-state index is 5.27. The molecule has 3 nitrogen and oxygen atoms in total. The Morgan fingerprint density at radius 2 is 1.44 bits per heavy atom. The lowest BCUT2D eigenvalue weighted by atomic mass is 10.2. The number of hydrogen-bond acceptors (Lipinski definition) is 3. The molecule has 0 atom stereocenters. The minimum Gasteiger partial charge on any atom is -0.496 e. The van der Waals surface area contributed by atoms with Crippen molar-refractivity contribution in [1.29, 1.82) is 0 Å². The predicted molar refractivity (Wildman–Crippen MR) is 73.2 cm³/mol. The Labute approximate surface area is 107 Å².